The minimum absolute atomic E-state index is 0.349. The third-order valence-corrected chi connectivity index (χ3v) is 2.98. The Kier molecular flexibility index (Phi) is 2.36. The van der Waals surface area contributed by atoms with Crippen molar-refractivity contribution < 1.29 is 5.11 Å². The summed E-state index contributed by atoms with van der Waals surface area (Å²) in [4.78, 5) is 4.21. The molecule has 3 N–H and O–H groups in total. The second-order valence-electron chi connectivity index (χ2n) is 3.53. The summed E-state index contributed by atoms with van der Waals surface area (Å²) in [5.41, 5.74) is 9.16. The number of hydrogen-bond acceptors (Lipinski definition) is 4. The smallest absolute Gasteiger partial charge is 0.180 e. The predicted molar refractivity (Wildman–Crippen MR) is 63.1 cm³/mol. The van der Waals surface area contributed by atoms with Crippen LogP contribution in [0.1, 0.15) is 11.1 Å². The van der Waals surface area contributed by atoms with E-state index in [4.69, 9.17) is 5.73 Å². The van der Waals surface area contributed by atoms with E-state index in [2.05, 4.69) is 4.98 Å². The number of anilines is 1. The third-order valence-electron chi connectivity index (χ3n) is 2.31. The molecule has 0 saturated carbocycles. The number of aryl methyl sites for hydroxylation is 2. The number of thiazole rings is 1. The summed E-state index contributed by atoms with van der Waals surface area (Å²) in [6.07, 6.45) is 0. The molecule has 0 radical (unpaired) electrons. The van der Waals surface area contributed by atoms with Gasteiger partial charge in [0, 0.05) is 10.9 Å². The van der Waals surface area contributed by atoms with E-state index in [1.54, 1.807) is 0 Å². The lowest BCUT2D eigenvalue weighted by molar-refractivity contribution is 0.467. The molecule has 15 heavy (non-hydrogen) atoms. The Morgan fingerprint density at radius 3 is 2.33 bits per heavy atom. The van der Waals surface area contributed by atoms with Crippen molar-refractivity contribution in [3.8, 4) is 17.0 Å². The highest BCUT2D eigenvalue weighted by Crippen LogP contribution is 2.30. The maximum absolute atomic E-state index is 9.64. The molecule has 0 aliphatic rings. The van der Waals surface area contributed by atoms with E-state index in [0.717, 1.165) is 22.4 Å². The molecule has 4 heteroatoms. The molecule has 0 atom stereocenters. The minimum Gasteiger partial charge on any atom is -0.507 e. The molecule has 0 fully saturated rings. The first kappa shape index (κ1) is 9.98. The van der Waals surface area contributed by atoms with Gasteiger partial charge in [-0.1, -0.05) is 0 Å². The van der Waals surface area contributed by atoms with Crippen LogP contribution in [-0.4, -0.2) is 10.1 Å². The minimum atomic E-state index is 0.349. The van der Waals surface area contributed by atoms with E-state index in [-0.39, 0.29) is 0 Å². The fraction of sp³-hybridized carbons (Fsp3) is 0.182. The maximum Gasteiger partial charge on any atom is 0.180 e. The highest BCUT2D eigenvalue weighted by molar-refractivity contribution is 7.13. The van der Waals surface area contributed by atoms with E-state index >= 15 is 0 Å². The van der Waals surface area contributed by atoms with Crippen molar-refractivity contribution in [1.82, 2.24) is 4.98 Å². The predicted octanol–water partition coefficient (Wildman–Crippen LogP) is 2.71. The van der Waals surface area contributed by atoms with Crippen molar-refractivity contribution in [2.45, 2.75) is 13.8 Å². The highest BCUT2D eigenvalue weighted by Gasteiger charge is 2.07. The zero-order valence-electron chi connectivity index (χ0n) is 8.61. The summed E-state index contributed by atoms with van der Waals surface area (Å²) in [6, 6.07) is 3.83. The lowest BCUT2D eigenvalue weighted by atomic mass is 10.0. The number of nitrogens with zero attached hydrogens (tertiary/aromatic N) is 1. The lowest BCUT2D eigenvalue weighted by Crippen LogP contribution is -1.86. The molecule has 0 unspecified atom stereocenters. The number of hydrogen-bond donors (Lipinski definition) is 2. The van der Waals surface area contributed by atoms with Gasteiger partial charge in [0.1, 0.15) is 5.75 Å². The Hall–Kier alpha value is -1.55. The first-order chi connectivity index (χ1) is 7.08. The van der Waals surface area contributed by atoms with Gasteiger partial charge in [0.05, 0.1) is 5.69 Å². The van der Waals surface area contributed by atoms with Gasteiger partial charge in [-0.05, 0) is 37.1 Å². The van der Waals surface area contributed by atoms with Crippen LogP contribution in [0.3, 0.4) is 0 Å². The van der Waals surface area contributed by atoms with Crippen molar-refractivity contribution in [2.75, 3.05) is 5.73 Å². The number of nitrogens with two attached hydrogens (primary N) is 1. The van der Waals surface area contributed by atoms with Crippen LogP contribution in [0.2, 0.25) is 0 Å². The van der Waals surface area contributed by atoms with E-state index in [1.807, 2.05) is 31.4 Å². The second kappa shape index (κ2) is 3.55. The molecule has 0 aliphatic carbocycles. The summed E-state index contributed by atoms with van der Waals surface area (Å²) >= 11 is 1.42. The van der Waals surface area contributed by atoms with Crippen LogP contribution >= 0.6 is 11.3 Å². The van der Waals surface area contributed by atoms with E-state index in [9.17, 15) is 5.11 Å². The monoisotopic (exact) mass is 220 g/mol. The first-order valence-electron chi connectivity index (χ1n) is 4.59. The standard InChI is InChI=1S/C11H12N2OS/c1-6-3-8(4-7(2)10(6)14)9-5-15-11(12)13-9/h3-5,14H,1-2H3,(H2,12,13). The topological polar surface area (TPSA) is 59.1 Å². The number of rotatable bonds is 1. The van der Waals surface area contributed by atoms with Gasteiger partial charge in [-0.3, -0.25) is 0 Å². The van der Waals surface area contributed by atoms with Crippen LogP contribution in [0, 0.1) is 13.8 Å². The van der Waals surface area contributed by atoms with Crippen molar-refractivity contribution >= 4 is 16.5 Å². The average Bonchev–Trinajstić information content (AvgIpc) is 2.60. The molecule has 1 aromatic heterocycles. The summed E-state index contributed by atoms with van der Waals surface area (Å²) < 4.78 is 0. The Morgan fingerprint density at radius 1 is 1.27 bits per heavy atom. The van der Waals surface area contributed by atoms with E-state index in [0.29, 0.717) is 10.9 Å². The summed E-state index contributed by atoms with van der Waals surface area (Å²) in [7, 11) is 0. The lowest BCUT2D eigenvalue weighted by Gasteiger charge is -2.05. The average molecular weight is 220 g/mol. The van der Waals surface area contributed by atoms with Crippen molar-refractivity contribution in [3.05, 3.63) is 28.6 Å². The Bertz CT molecular complexity index is 482. The number of nitrogen functional groups attached to an aromatic ring is 1. The highest BCUT2D eigenvalue weighted by atomic mass is 32.1. The van der Waals surface area contributed by atoms with Gasteiger partial charge in [-0.25, -0.2) is 4.98 Å². The zero-order chi connectivity index (χ0) is 11.0. The molecular formula is C11H12N2OS. The Balaban J connectivity index is 2.55. The molecule has 2 rings (SSSR count). The Morgan fingerprint density at radius 2 is 1.87 bits per heavy atom. The van der Waals surface area contributed by atoms with Gasteiger partial charge >= 0.3 is 0 Å². The van der Waals surface area contributed by atoms with Crippen LogP contribution in [0.4, 0.5) is 5.13 Å². The number of benzene rings is 1. The van der Waals surface area contributed by atoms with E-state index < -0.39 is 0 Å². The SMILES string of the molecule is Cc1cc(-c2csc(N)n2)cc(C)c1O. The van der Waals surface area contributed by atoms with Gasteiger partial charge in [-0.2, -0.15) is 0 Å². The van der Waals surface area contributed by atoms with Crippen molar-refractivity contribution in [2.24, 2.45) is 0 Å². The normalized spacial score (nSPS) is 10.5. The quantitative estimate of drug-likeness (QED) is 0.776. The van der Waals surface area contributed by atoms with Crippen molar-refractivity contribution in [1.29, 1.82) is 0 Å². The molecule has 0 spiro atoms. The molecule has 1 heterocycles. The molecule has 0 bridgehead atoms. The summed E-state index contributed by atoms with van der Waals surface area (Å²) in [6.45, 7) is 3.75. The Labute approximate surface area is 92.2 Å². The first-order valence-corrected chi connectivity index (χ1v) is 5.47. The van der Waals surface area contributed by atoms with Gasteiger partial charge in [0.25, 0.3) is 0 Å². The molecule has 1 aromatic carbocycles. The van der Waals surface area contributed by atoms with Crippen LogP contribution in [-0.2, 0) is 0 Å². The van der Waals surface area contributed by atoms with Gasteiger partial charge in [-0.15, -0.1) is 11.3 Å². The van der Waals surface area contributed by atoms with Crippen LogP contribution < -0.4 is 5.73 Å². The number of aromatic hydroxyl groups is 1. The molecule has 2 aromatic rings. The molecule has 78 valence electrons. The maximum atomic E-state index is 9.64. The fourth-order valence-electron chi connectivity index (χ4n) is 1.52. The summed E-state index contributed by atoms with van der Waals surface area (Å²) in [5, 5.41) is 12.1. The molecule has 3 nitrogen and oxygen atoms in total. The van der Waals surface area contributed by atoms with Gasteiger partial charge in [0.2, 0.25) is 0 Å². The number of phenolic OH excluding ortho intramolecular Hbond substituents is 1. The summed E-state index contributed by atoms with van der Waals surface area (Å²) in [5.74, 6) is 0.349. The zero-order valence-corrected chi connectivity index (χ0v) is 9.43. The fourth-order valence-corrected chi connectivity index (χ4v) is 2.10. The second-order valence-corrected chi connectivity index (χ2v) is 4.42. The van der Waals surface area contributed by atoms with Crippen LogP contribution in [0.5, 0.6) is 5.75 Å². The number of phenols is 1. The third kappa shape index (κ3) is 1.80. The van der Waals surface area contributed by atoms with Gasteiger partial charge in [0.15, 0.2) is 5.13 Å². The largest absolute Gasteiger partial charge is 0.507 e. The molecule has 0 amide bonds. The molecular weight excluding hydrogens is 208 g/mol. The van der Waals surface area contributed by atoms with Crippen molar-refractivity contribution in [3.63, 3.8) is 0 Å². The number of aromatic nitrogens is 1. The van der Waals surface area contributed by atoms with Crippen LogP contribution in [0.25, 0.3) is 11.3 Å². The molecule has 0 saturated heterocycles. The molecule has 0 aliphatic heterocycles. The van der Waals surface area contributed by atoms with E-state index in [1.165, 1.54) is 11.3 Å². The van der Waals surface area contributed by atoms with Gasteiger partial charge < -0.3 is 10.8 Å². The van der Waals surface area contributed by atoms with Crippen LogP contribution in [0.15, 0.2) is 17.5 Å².